The molecule has 1 rings (SSSR count). The summed E-state index contributed by atoms with van der Waals surface area (Å²) in [6.45, 7) is 4.83. The molecule has 8 heteroatoms. The number of nitrogens with zero attached hydrogens (tertiary/aromatic N) is 2. The summed E-state index contributed by atoms with van der Waals surface area (Å²) in [6.07, 6.45) is 1.40. The highest BCUT2D eigenvalue weighted by Gasteiger charge is 2.22. The summed E-state index contributed by atoms with van der Waals surface area (Å²) in [6, 6.07) is 0. The molecular weight excluding hydrogens is 296 g/mol. The summed E-state index contributed by atoms with van der Waals surface area (Å²) in [5.41, 5.74) is 1.30. The lowest BCUT2D eigenvalue weighted by molar-refractivity contribution is -0.386. The second kappa shape index (κ2) is 7.26. The van der Waals surface area contributed by atoms with E-state index in [0.29, 0.717) is 16.8 Å². The number of aryl methyl sites for hydroxylation is 1. The van der Waals surface area contributed by atoms with Crippen LogP contribution in [0.4, 0.5) is 5.69 Å². The Morgan fingerprint density at radius 1 is 1.52 bits per heavy atom. The minimum Gasteiger partial charge on any atom is -0.469 e. The zero-order valence-electron chi connectivity index (χ0n) is 12.4. The van der Waals surface area contributed by atoms with Crippen LogP contribution in [0, 0.1) is 29.9 Å². The van der Waals surface area contributed by atoms with Gasteiger partial charge in [-0.15, -0.1) is 0 Å². The SMILES string of the molecule is COC(=O)C(C)CS(=O)Cc1ncc(C)c([N+](=O)[O-])c1C. The topological polar surface area (TPSA) is 99.4 Å². The first-order valence-electron chi connectivity index (χ1n) is 6.30. The molecule has 0 aliphatic rings. The number of hydrogen-bond acceptors (Lipinski definition) is 6. The standard InChI is InChI=1S/C13H18N2O5S/c1-8-5-14-11(10(3)12(8)15(17)18)7-21(19)6-9(2)13(16)20-4/h5,9H,6-7H2,1-4H3. The van der Waals surface area contributed by atoms with Gasteiger partial charge in [0.2, 0.25) is 0 Å². The zero-order chi connectivity index (χ0) is 16.2. The predicted molar refractivity (Wildman–Crippen MR) is 78.3 cm³/mol. The van der Waals surface area contributed by atoms with Gasteiger partial charge >= 0.3 is 5.97 Å². The maximum absolute atomic E-state index is 12.1. The van der Waals surface area contributed by atoms with E-state index in [4.69, 9.17) is 0 Å². The molecule has 21 heavy (non-hydrogen) atoms. The van der Waals surface area contributed by atoms with Crippen molar-refractivity contribution in [2.45, 2.75) is 26.5 Å². The second-order valence-corrected chi connectivity index (χ2v) is 6.30. The van der Waals surface area contributed by atoms with Crippen molar-refractivity contribution in [3.05, 3.63) is 33.1 Å². The van der Waals surface area contributed by atoms with Crippen LogP contribution in [0.15, 0.2) is 6.20 Å². The summed E-state index contributed by atoms with van der Waals surface area (Å²) in [4.78, 5) is 26.0. The average Bonchev–Trinajstić information content (AvgIpc) is 2.40. The van der Waals surface area contributed by atoms with Crippen LogP contribution in [0.2, 0.25) is 0 Å². The van der Waals surface area contributed by atoms with Gasteiger partial charge in [0.15, 0.2) is 0 Å². The van der Waals surface area contributed by atoms with E-state index in [1.807, 2.05) is 0 Å². The molecule has 0 aliphatic carbocycles. The monoisotopic (exact) mass is 314 g/mol. The molecule has 1 aromatic rings. The minimum atomic E-state index is -1.35. The van der Waals surface area contributed by atoms with Crippen molar-refractivity contribution in [3.63, 3.8) is 0 Å². The van der Waals surface area contributed by atoms with Gasteiger partial charge in [0.1, 0.15) is 0 Å². The number of hydrogen-bond donors (Lipinski definition) is 0. The Hall–Kier alpha value is -1.83. The molecule has 2 unspecified atom stereocenters. The third kappa shape index (κ3) is 4.32. The third-order valence-electron chi connectivity index (χ3n) is 3.10. The van der Waals surface area contributed by atoms with Gasteiger partial charge < -0.3 is 4.74 Å². The van der Waals surface area contributed by atoms with Crippen molar-refractivity contribution >= 4 is 22.5 Å². The van der Waals surface area contributed by atoms with Crippen LogP contribution in [-0.2, 0) is 26.1 Å². The fourth-order valence-corrected chi connectivity index (χ4v) is 3.36. The van der Waals surface area contributed by atoms with Gasteiger partial charge in [-0.2, -0.15) is 0 Å². The molecule has 1 aromatic heterocycles. The summed E-state index contributed by atoms with van der Waals surface area (Å²) in [7, 11) is -0.0730. The largest absolute Gasteiger partial charge is 0.469 e. The van der Waals surface area contributed by atoms with Gasteiger partial charge in [-0.25, -0.2) is 0 Å². The molecule has 0 N–H and O–H groups in total. The first-order valence-corrected chi connectivity index (χ1v) is 7.79. The molecule has 0 saturated carbocycles. The van der Waals surface area contributed by atoms with Gasteiger partial charge in [-0.3, -0.25) is 24.1 Å². The normalized spacial score (nSPS) is 13.5. The Morgan fingerprint density at radius 3 is 2.67 bits per heavy atom. The van der Waals surface area contributed by atoms with Gasteiger partial charge in [0, 0.05) is 33.9 Å². The summed E-state index contributed by atoms with van der Waals surface area (Å²) >= 11 is 0. The van der Waals surface area contributed by atoms with Gasteiger partial charge in [-0.05, 0) is 13.8 Å². The molecule has 0 amide bonds. The molecule has 0 aromatic carbocycles. The number of carbonyl (C=O) groups is 1. The molecule has 0 saturated heterocycles. The third-order valence-corrected chi connectivity index (χ3v) is 4.56. The van der Waals surface area contributed by atoms with E-state index in [-0.39, 0.29) is 17.2 Å². The smallest absolute Gasteiger partial charge is 0.309 e. The van der Waals surface area contributed by atoms with Crippen molar-refractivity contribution in [2.75, 3.05) is 12.9 Å². The molecule has 2 atom stereocenters. The van der Waals surface area contributed by atoms with Crippen LogP contribution < -0.4 is 0 Å². The highest BCUT2D eigenvalue weighted by atomic mass is 32.2. The number of pyridine rings is 1. The zero-order valence-corrected chi connectivity index (χ0v) is 13.2. The van der Waals surface area contributed by atoms with E-state index in [0.717, 1.165) is 0 Å². The van der Waals surface area contributed by atoms with Crippen molar-refractivity contribution in [3.8, 4) is 0 Å². The summed E-state index contributed by atoms with van der Waals surface area (Å²) in [5, 5.41) is 11.0. The number of aromatic nitrogens is 1. The highest BCUT2D eigenvalue weighted by Crippen LogP contribution is 2.24. The van der Waals surface area contributed by atoms with Crippen molar-refractivity contribution in [1.82, 2.24) is 4.98 Å². The number of ether oxygens (including phenoxy) is 1. The lowest BCUT2D eigenvalue weighted by Crippen LogP contribution is -2.20. The molecule has 1 heterocycles. The molecule has 0 bridgehead atoms. The van der Waals surface area contributed by atoms with E-state index in [9.17, 15) is 19.1 Å². The Bertz CT molecular complexity index is 588. The minimum absolute atomic E-state index is 0.00184. The first-order chi connectivity index (χ1) is 9.77. The Kier molecular flexibility index (Phi) is 5.95. The summed E-state index contributed by atoms with van der Waals surface area (Å²) < 4.78 is 16.6. The Labute approximate surface area is 125 Å². The van der Waals surface area contributed by atoms with Crippen LogP contribution >= 0.6 is 0 Å². The molecule has 0 fully saturated rings. The van der Waals surface area contributed by atoms with Crippen LogP contribution in [-0.4, -0.2) is 32.9 Å². The van der Waals surface area contributed by atoms with Crippen LogP contribution in [0.3, 0.4) is 0 Å². The van der Waals surface area contributed by atoms with Gasteiger partial charge in [0.05, 0.1) is 29.4 Å². The van der Waals surface area contributed by atoms with E-state index < -0.39 is 27.6 Å². The average molecular weight is 314 g/mol. The van der Waals surface area contributed by atoms with E-state index in [2.05, 4.69) is 9.72 Å². The predicted octanol–water partition coefficient (Wildman–Crippen LogP) is 1.66. The van der Waals surface area contributed by atoms with Gasteiger partial charge in [-0.1, -0.05) is 6.92 Å². The number of rotatable bonds is 6. The van der Waals surface area contributed by atoms with E-state index in [1.165, 1.54) is 13.3 Å². The molecular formula is C13H18N2O5S. The van der Waals surface area contributed by atoms with Crippen LogP contribution in [0.5, 0.6) is 0 Å². The lowest BCUT2D eigenvalue weighted by Gasteiger charge is -2.10. The first kappa shape index (κ1) is 17.2. The van der Waals surface area contributed by atoms with Crippen molar-refractivity contribution in [2.24, 2.45) is 5.92 Å². The lowest BCUT2D eigenvalue weighted by atomic mass is 10.1. The number of methoxy groups -OCH3 is 1. The fourth-order valence-electron chi connectivity index (χ4n) is 1.95. The van der Waals surface area contributed by atoms with Crippen LogP contribution in [0.25, 0.3) is 0 Å². The molecule has 0 aliphatic heterocycles. The molecule has 7 nitrogen and oxygen atoms in total. The highest BCUT2D eigenvalue weighted by molar-refractivity contribution is 7.84. The molecule has 0 radical (unpaired) electrons. The van der Waals surface area contributed by atoms with E-state index in [1.54, 1.807) is 20.8 Å². The molecule has 116 valence electrons. The maximum atomic E-state index is 12.1. The summed E-state index contributed by atoms with van der Waals surface area (Å²) in [5.74, 6) is -0.705. The maximum Gasteiger partial charge on any atom is 0.309 e. The Morgan fingerprint density at radius 2 is 2.14 bits per heavy atom. The van der Waals surface area contributed by atoms with Crippen molar-refractivity contribution < 1.29 is 18.7 Å². The van der Waals surface area contributed by atoms with E-state index >= 15 is 0 Å². The second-order valence-electron chi connectivity index (χ2n) is 4.79. The number of esters is 1. The number of nitro groups is 1. The molecule has 0 spiro atoms. The Balaban J connectivity index is 2.89. The van der Waals surface area contributed by atoms with Crippen LogP contribution in [0.1, 0.15) is 23.7 Å². The van der Waals surface area contributed by atoms with Crippen molar-refractivity contribution in [1.29, 1.82) is 0 Å². The quantitative estimate of drug-likeness (QED) is 0.450. The van der Waals surface area contributed by atoms with Gasteiger partial charge in [0.25, 0.3) is 5.69 Å². The number of carbonyl (C=O) groups excluding carboxylic acids is 1. The fraction of sp³-hybridized carbons (Fsp3) is 0.538.